The lowest BCUT2D eigenvalue weighted by Crippen LogP contribution is -1.67. The molecule has 3 rings (SSSR count). The Morgan fingerprint density at radius 1 is 1.00 bits per heavy atom. The largest absolute Gasteiger partial charge is 0.464 e. The Labute approximate surface area is 67.6 Å². The Kier molecular flexibility index (Phi) is 0.913. The Bertz CT molecular complexity index is 486. The van der Waals surface area contributed by atoms with Crippen molar-refractivity contribution in [1.82, 2.24) is 4.98 Å². The number of rotatable bonds is 0. The van der Waals surface area contributed by atoms with Crippen molar-refractivity contribution in [2.75, 3.05) is 0 Å². The van der Waals surface area contributed by atoms with Crippen LogP contribution < -0.4 is 0 Å². The minimum absolute atomic E-state index is 0.795. The molecule has 58 valence electrons. The molecule has 0 bridgehead atoms. The van der Waals surface area contributed by atoms with Crippen LogP contribution in [0.15, 0.2) is 39.7 Å². The highest BCUT2D eigenvalue weighted by Crippen LogP contribution is 2.24. The smallest absolute Gasteiger partial charge is 0.182 e. The quantitative estimate of drug-likeness (QED) is 0.506. The molecule has 12 heavy (non-hydrogen) atoms. The van der Waals surface area contributed by atoms with Gasteiger partial charge in [0.25, 0.3) is 0 Å². The highest BCUT2D eigenvalue weighted by atomic mass is 16.3. The summed E-state index contributed by atoms with van der Waals surface area (Å²) in [4.78, 5) is 4.09. The molecule has 0 aliphatic carbocycles. The van der Waals surface area contributed by atoms with Gasteiger partial charge in [-0.3, -0.25) is 0 Å². The van der Waals surface area contributed by atoms with Crippen molar-refractivity contribution in [1.29, 1.82) is 0 Å². The van der Waals surface area contributed by atoms with Crippen LogP contribution in [0.1, 0.15) is 0 Å². The van der Waals surface area contributed by atoms with Crippen LogP contribution in [0.5, 0.6) is 0 Å². The van der Waals surface area contributed by atoms with E-state index in [1.165, 1.54) is 6.39 Å². The maximum atomic E-state index is 5.21. The van der Waals surface area contributed by atoms with E-state index in [1.54, 1.807) is 6.26 Å². The van der Waals surface area contributed by atoms with Crippen molar-refractivity contribution in [2.45, 2.75) is 0 Å². The van der Waals surface area contributed by atoms with Crippen LogP contribution in [0.4, 0.5) is 0 Å². The zero-order valence-corrected chi connectivity index (χ0v) is 6.15. The van der Waals surface area contributed by atoms with Gasteiger partial charge in [0.05, 0.1) is 6.26 Å². The van der Waals surface area contributed by atoms with Gasteiger partial charge in [-0.15, -0.1) is 0 Å². The van der Waals surface area contributed by atoms with Crippen molar-refractivity contribution in [2.24, 2.45) is 0 Å². The molecule has 0 fully saturated rings. The summed E-state index contributed by atoms with van der Waals surface area (Å²) in [6, 6.07) is 5.62. The third-order valence-electron chi connectivity index (χ3n) is 1.93. The average molecular weight is 159 g/mol. The summed E-state index contributed by atoms with van der Waals surface area (Å²) in [5.74, 6) is 0. The fraction of sp³-hybridized carbons (Fsp3) is 0. The van der Waals surface area contributed by atoms with E-state index < -0.39 is 0 Å². The van der Waals surface area contributed by atoms with Crippen LogP contribution in [0.2, 0.25) is 0 Å². The van der Waals surface area contributed by atoms with E-state index in [4.69, 9.17) is 8.83 Å². The van der Waals surface area contributed by atoms with Crippen molar-refractivity contribution in [3.05, 3.63) is 30.9 Å². The van der Waals surface area contributed by atoms with Gasteiger partial charge in [0.2, 0.25) is 0 Å². The minimum atomic E-state index is 0.795. The lowest BCUT2D eigenvalue weighted by Gasteiger charge is -1.86. The van der Waals surface area contributed by atoms with E-state index in [2.05, 4.69) is 4.98 Å². The molecule has 0 radical (unpaired) electrons. The number of furan rings is 1. The van der Waals surface area contributed by atoms with Crippen LogP contribution >= 0.6 is 0 Å². The fourth-order valence-corrected chi connectivity index (χ4v) is 1.37. The van der Waals surface area contributed by atoms with Gasteiger partial charge in [0.1, 0.15) is 11.1 Å². The molecule has 0 unspecified atom stereocenters. The third kappa shape index (κ3) is 0.580. The first kappa shape index (κ1) is 5.83. The Morgan fingerprint density at radius 3 is 2.92 bits per heavy atom. The summed E-state index contributed by atoms with van der Waals surface area (Å²) in [5, 5.41) is 1.00. The van der Waals surface area contributed by atoms with Crippen LogP contribution in [0.3, 0.4) is 0 Å². The van der Waals surface area contributed by atoms with E-state index in [-0.39, 0.29) is 0 Å². The number of aromatic nitrogens is 1. The number of fused-ring (bicyclic) bond motifs is 3. The molecule has 2 aromatic heterocycles. The van der Waals surface area contributed by atoms with Gasteiger partial charge < -0.3 is 8.83 Å². The number of benzene rings is 1. The lowest BCUT2D eigenvalue weighted by atomic mass is 10.2. The van der Waals surface area contributed by atoms with E-state index in [0.29, 0.717) is 0 Å². The lowest BCUT2D eigenvalue weighted by molar-refractivity contribution is 0.601. The summed E-state index contributed by atoms with van der Waals surface area (Å²) in [5.41, 5.74) is 2.50. The van der Waals surface area contributed by atoms with Crippen molar-refractivity contribution >= 4 is 22.1 Å². The van der Waals surface area contributed by atoms with Crippen LogP contribution in [-0.4, -0.2) is 4.98 Å². The maximum absolute atomic E-state index is 5.21. The van der Waals surface area contributed by atoms with E-state index in [9.17, 15) is 0 Å². The van der Waals surface area contributed by atoms with E-state index in [1.807, 2.05) is 18.2 Å². The second-order valence-corrected chi connectivity index (χ2v) is 2.60. The maximum Gasteiger partial charge on any atom is 0.182 e. The Hall–Kier alpha value is -1.77. The van der Waals surface area contributed by atoms with E-state index >= 15 is 0 Å². The molecule has 1 aromatic carbocycles. The normalized spacial score (nSPS) is 11.3. The molecule has 0 atom stereocenters. The topological polar surface area (TPSA) is 39.2 Å². The zero-order chi connectivity index (χ0) is 7.97. The Balaban J connectivity index is 2.71. The molecule has 0 aliphatic rings. The summed E-state index contributed by atoms with van der Waals surface area (Å²) in [6.45, 7) is 0. The third-order valence-corrected chi connectivity index (χ3v) is 1.93. The molecule has 0 N–H and O–H groups in total. The molecular formula is C9H5NO2. The number of hydrogen-bond acceptors (Lipinski definition) is 3. The van der Waals surface area contributed by atoms with Crippen LogP contribution in [0, 0.1) is 0 Å². The Morgan fingerprint density at radius 2 is 1.92 bits per heavy atom. The molecular weight excluding hydrogens is 154 g/mol. The highest BCUT2D eigenvalue weighted by molar-refractivity contribution is 6.00. The van der Waals surface area contributed by atoms with Crippen LogP contribution in [-0.2, 0) is 0 Å². The van der Waals surface area contributed by atoms with E-state index in [0.717, 1.165) is 22.1 Å². The summed E-state index contributed by atoms with van der Waals surface area (Å²) < 4.78 is 10.4. The molecule has 0 aliphatic heterocycles. The first-order chi connectivity index (χ1) is 5.95. The molecule has 0 saturated heterocycles. The zero-order valence-electron chi connectivity index (χ0n) is 6.15. The average Bonchev–Trinajstić information content (AvgIpc) is 2.71. The standard InChI is InChI=1S/C9H5NO2/c1-2-8-9(10-5-12-8)6-3-4-11-7(1)6/h1-5H. The van der Waals surface area contributed by atoms with Crippen molar-refractivity contribution < 1.29 is 8.83 Å². The van der Waals surface area contributed by atoms with Gasteiger partial charge in [0.15, 0.2) is 12.0 Å². The molecule has 0 spiro atoms. The minimum Gasteiger partial charge on any atom is -0.464 e. The van der Waals surface area contributed by atoms with Gasteiger partial charge >= 0.3 is 0 Å². The second-order valence-electron chi connectivity index (χ2n) is 2.60. The number of oxazole rings is 1. The predicted molar refractivity (Wildman–Crippen MR) is 43.8 cm³/mol. The van der Waals surface area contributed by atoms with Gasteiger partial charge in [0, 0.05) is 5.39 Å². The van der Waals surface area contributed by atoms with Gasteiger partial charge in [-0.2, -0.15) is 0 Å². The number of nitrogens with zero attached hydrogens (tertiary/aromatic N) is 1. The monoisotopic (exact) mass is 159 g/mol. The first-order valence-electron chi connectivity index (χ1n) is 3.64. The predicted octanol–water partition coefficient (Wildman–Crippen LogP) is 2.57. The molecule has 0 amide bonds. The van der Waals surface area contributed by atoms with Gasteiger partial charge in [-0.05, 0) is 18.2 Å². The van der Waals surface area contributed by atoms with Crippen LogP contribution in [0.25, 0.3) is 22.1 Å². The SMILES string of the molecule is c1cc2c(ccc3ocnc32)o1. The first-order valence-corrected chi connectivity index (χ1v) is 3.64. The van der Waals surface area contributed by atoms with Crippen molar-refractivity contribution in [3.8, 4) is 0 Å². The summed E-state index contributed by atoms with van der Waals surface area (Å²) in [7, 11) is 0. The molecule has 3 heteroatoms. The van der Waals surface area contributed by atoms with Crippen molar-refractivity contribution in [3.63, 3.8) is 0 Å². The molecule has 3 aromatic rings. The highest BCUT2D eigenvalue weighted by Gasteiger charge is 2.04. The van der Waals surface area contributed by atoms with Gasteiger partial charge in [-0.25, -0.2) is 4.98 Å². The molecule has 3 nitrogen and oxygen atoms in total. The summed E-state index contributed by atoms with van der Waals surface area (Å²) >= 11 is 0. The summed E-state index contributed by atoms with van der Waals surface area (Å²) in [6.07, 6.45) is 3.09. The number of hydrogen-bond donors (Lipinski definition) is 0. The van der Waals surface area contributed by atoms with Gasteiger partial charge in [-0.1, -0.05) is 0 Å². The molecule has 0 saturated carbocycles. The fourth-order valence-electron chi connectivity index (χ4n) is 1.37. The molecule has 2 heterocycles. The second kappa shape index (κ2) is 1.88.